The third kappa shape index (κ3) is 5.68. The molecule has 9 nitrogen and oxygen atoms in total. The molecule has 3 aromatic heterocycles. The van der Waals surface area contributed by atoms with Crippen molar-refractivity contribution in [2.75, 3.05) is 17.7 Å². The molecule has 3 heterocycles. The number of nitrogen functional groups attached to an aromatic ring is 1. The molecule has 0 atom stereocenters. The second kappa shape index (κ2) is 11.2. The van der Waals surface area contributed by atoms with Crippen LogP contribution in [0.25, 0.3) is 33.4 Å². The van der Waals surface area contributed by atoms with Crippen molar-refractivity contribution in [3.8, 4) is 22.5 Å². The lowest BCUT2D eigenvalue weighted by Crippen LogP contribution is -2.18. The lowest BCUT2D eigenvalue weighted by molar-refractivity contribution is -0.115. The van der Waals surface area contributed by atoms with Crippen molar-refractivity contribution in [3.05, 3.63) is 95.4 Å². The lowest BCUT2D eigenvalue weighted by atomic mass is 10.0. The van der Waals surface area contributed by atoms with Crippen LogP contribution in [-0.4, -0.2) is 38.4 Å². The van der Waals surface area contributed by atoms with Crippen LogP contribution in [0.2, 0.25) is 5.02 Å². The molecule has 0 aliphatic carbocycles. The van der Waals surface area contributed by atoms with Crippen LogP contribution in [0.1, 0.15) is 23.0 Å². The zero-order valence-electron chi connectivity index (χ0n) is 20.9. The number of hydrogen-bond acceptors (Lipinski definition) is 8. The van der Waals surface area contributed by atoms with E-state index in [0.717, 1.165) is 10.9 Å². The Morgan fingerprint density at radius 3 is 2.49 bits per heavy atom. The number of nitrogens with zero attached hydrogens (tertiary/aromatic N) is 4. The molecule has 0 saturated carbocycles. The first-order valence-corrected chi connectivity index (χ1v) is 12.5. The van der Waals surface area contributed by atoms with Crippen molar-refractivity contribution in [2.45, 2.75) is 13.3 Å². The Balaban J connectivity index is 1.48. The SMILES string of the molecule is CCOC(=O)c1ccc(CC(=O)Nc2nc(-c3cc(Cl)c4ncccc4c3)c(-c3ccccc3)nc2N)nc1. The van der Waals surface area contributed by atoms with Crippen molar-refractivity contribution in [3.63, 3.8) is 0 Å². The number of hydrogen-bond donors (Lipinski definition) is 2. The van der Waals surface area contributed by atoms with Crippen LogP contribution >= 0.6 is 11.6 Å². The Hall–Kier alpha value is -4.89. The van der Waals surface area contributed by atoms with Crippen molar-refractivity contribution >= 4 is 46.0 Å². The van der Waals surface area contributed by atoms with E-state index in [1.165, 1.54) is 6.20 Å². The van der Waals surface area contributed by atoms with Crippen molar-refractivity contribution < 1.29 is 14.3 Å². The number of fused-ring (bicyclic) bond motifs is 1. The van der Waals surface area contributed by atoms with Gasteiger partial charge in [-0.3, -0.25) is 14.8 Å². The zero-order valence-corrected chi connectivity index (χ0v) is 21.6. The van der Waals surface area contributed by atoms with E-state index < -0.39 is 11.9 Å². The quantitative estimate of drug-likeness (QED) is 0.265. The normalized spacial score (nSPS) is 10.8. The summed E-state index contributed by atoms with van der Waals surface area (Å²) in [6, 6.07) is 20.1. The Morgan fingerprint density at radius 2 is 1.74 bits per heavy atom. The number of benzene rings is 2. The first-order valence-electron chi connectivity index (χ1n) is 12.1. The molecule has 0 fully saturated rings. The molecule has 0 radical (unpaired) electrons. The number of pyridine rings is 2. The number of nitrogens with one attached hydrogen (secondary N) is 1. The average Bonchev–Trinajstić information content (AvgIpc) is 2.95. The highest BCUT2D eigenvalue weighted by atomic mass is 35.5. The number of anilines is 2. The van der Waals surface area contributed by atoms with E-state index in [-0.39, 0.29) is 24.7 Å². The number of carbonyl (C=O) groups is 2. The molecular formula is C29H23ClN6O3. The molecule has 0 aliphatic heterocycles. The molecule has 39 heavy (non-hydrogen) atoms. The summed E-state index contributed by atoms with van der Waals surface area (Å²) in [4.78, 5) is 42.6. The van der Waals surface area contributed by atoms with Crippen LogP contribution in [0.5, 0.6) is 0 Å². The monoisotopic (exact) mass is 538 g/mol. The largest absolute Gasteiger partial charge is 0.462 e. The van der Waals surface area contributed by atoms with E-state index in [4.69, 9.17) is 27.1 Å². The van der Waals surface area contributed by atoms with Crippen LogP contribution < -0.4 is 11.1 Å². The van der Waals surface area contributed by atoms with Gasteiger partial charge in [-0.25, -0.2) is 14.8 Å². The zero-order chi connectivity index (χ0) is 27.4. The second-order valence-corrected chi connectivity index (χ2v) is 8.94. The number of aromatic nitrogens is 4. The molecule has 0 spiro atoms. The van der Waals surface area contributed by atoms with Crippen LogP contribution in [-0.2, 0) is 16.0 Å². The van der Waals surface area contributed by atoms with Crippen LogP contribution in [0.4, 0.5) is 11.6 Å². The van der Waals surface area contributed by atoms with Gasteiger partial charge < -0.3 is 15.8 Å². The first-order chi connectivity index (χ1) is 18.9. The minimum atomic E-state index is -0.473. The van der Waals surface area contributed by atoms with Crippen LogP contribution in [0.3, 0.4) is 0 Å². The van der Waals surface area contributed by atoms with Crippen LogP contribution in [0, 0.1) is 0 Å². The number of amides is 1. The second-order valence-electron chi connectivity index (χ2n) is 8.54. The van der Waals surface area contributed by atoms with Crippen molar-refractivity contribution in [2.24, 2.45) is 0 Å². The first kappa shape index (κ1) is 25.7. The van der Waals surface area contributed by atoms with Gasteiger partial charge in [-0.1, -0.05) is 48.0 Å². The maximum absolute atomic E-state index is 12.9. The van der Waals surface area contributed by atoms with Gasteiger partial charge in [0, 0.05) is 34.6 Å². The fourth-order valence-electron chi connectivity index (χ4n) is 4.03. The third-order valence-electron chi connectivity index (χ3n) is 5.84. The topological polar surface area (TPSA) is 133 Å². The Kier molecular flexibility index (Phi) is 7.42. The standard InChI is InChI=1S/C29H23ClN6O3/c1-2-39-29(38)19-10-11-21(33-16-19)15-23(37)34-28-27(31)35-25(17-7-4-3-5-8-17)26(36-28)20-13-18-9-6-12-32-24(18)22(30)14-20/h3-14,16H,2,15H2,1H3,(H2,31,35)(H,34,36,37). The molecule has 5 rings (SSSR count). The molecule has 0 bridgehead atoms. The van der Waals surface area contributed by atoms with Gasteiger partial charge in [-0.2, -0.15) is 0 Å². The van der Waals surface area contributed by atoms with Gasteiger partial charge in [0.2, 0.25) is 5.91 Å². The Labute approximate surface area is 229 Å². The number of carbonyl (C=O) groups excluding carboxylic acids is 2. The van der Waals surface area contributed by atoms with Gasteiger partial charge in [-0.15, -0.1) is 0 Å². The predicted molar refractivity (Wildman–Crippen MR) is 150 cm³/mol. The number of rotatable bonds is 7. The summed E-state index contributed by atoms with van der Waals surface area (Å²) >= 11 is 6.56. The van der Waals surface area contributed by atoms with Crippen LogP contribution in [0.15, 0.2) is 79.1 Å². The number of ether oxygens (including phenoxy) is 1. The van der Waals surface area contributed by atoms with E-state index in [2.05, 4.69) is 20.3 Å². The van der Waals surface area contributed by atoms with Crippen molar-refractivity contribution in [1.82, 2.24) is 19.9 Å². The van der Waals surface area contributed by atoms with E-state index in [1.807, 2.05) is 48.5 Å². The minimum absolute atomic E-state index is 0.0603. The molecule has 3 N–H and O–H groups in total. The average molecular weight is 539 g/mol. The molecule has 0 unspecified atom stereocenters. The molecule has 0 aliphatic rings. The summed E-state index contributed by atoms with van der Waals surface area (Å²) < 4.78 is 4.96. The van der Waals surface area contributed by atoms with Gasteiger partial charge in [0.25, 0.3) is 0 Å². The molecule has 10 heteroatoms. The van der Waals surface area contributed by atoms with E-state index in [0.29, 0.717) is 38.7 Å². The fraction of sp³-hybridized carbons (Fsp3) is 0.103. The van der Waals surface area contributed by atoms with Gasteiger partial charge in [-0.05, 0) is 37.3 Å². The lowest BCUT2D eigenvalue weighted by Gasteiger charge is -2.14. The summed E-state index contributed by atoms with van der Waals surface area (Å²) in [6.07, 6.45) is 2.99. The highest BCUT2D eigenvalue weighted by molar-refractivity contribution is 6.35. The number of halogens is 1. The molecule has 5 aromatic rings. The van der Waals surface area contributed by atoms with Gasteiger partial charge in [0.15, 0.2) is 11.6 Å². The van der Waals surface area contributed by atoms with E-state index in [1.54, 1.807) is 31.3 Å². The summed E-state index contributed by atoms with van der Waals surface area (Å²) in [5.74, 6) is -0.698. The summed E-state index contributed by atoms with van der Waals surface area (Å²) in [5, 5.41) is 4.04. The highest BCUT2D eigenvalue weighted by Crippen LogP contribution is 2.35. The maximum Gasteiger partial charge on any atom is 0.339 e. The molecule has 1 amide bonds. The minimum Gasteiger partial charge on any atom is -0.462 e. The molecular weight excluding hydrogens is 516 g/mol. The van der Waals surface area contributed by atoms with Gasteiger partial charge in [0.1, 0.15) is 0 Å². The van der Waals surface area contributed by atoms with Gasteiger partial charge in [0.05, 0.1) is 40.5 Å². The maximum atomic E-state index is 12.9. The Bertz CT molecular complexity index is 1680. The molecule has 2 aromatic carbocycles. The molecule has 0 saturated heterocycles. The Morgan fingerprint density at radius 1 is 0.949 bits per heavy atom. The number of nitrogens with two attached hydrogens (primary N) is 1. The highest BCUT2D eigenvalue weighted by Gasteiger charge is 2.19. The van der Waals surface area contributed by atoms with E-state index in [9.17, 15) is 9.59 Å². The number of esters is 1. The summed E-state index contributed by atoms with van der Waals surface area (Å²) in [6.45, 7) is 1.99. The summed E-state index contributed by atoms with van der Waals surface area (Å²) in [5.41, 5.74) is 10.2. The summed E-state index contributed by atoms with van der Waals surface area (Å²) in [7, 11) is 0. The van der Waals surface area contributed by atoms with Crippen molar-refractivity contribution in [1.29, 1.82) is 0 Å². The fourth-order valence-corrected chi connectivity index (χ4v) is 4.30. The predicted octanol–water partition coefficient (Wildman–Crippen LogP) is 5.35. The van der Waals surface area contributed by atoms with E-state index >= 15 is 0 Å². The van der Waals surface area contributed by atoms with Gasteiger partial charge >= 0.3 is 5.97 Å². The third-order valence-corrected chi connectivity index (χ3v) is 6.13. The molecule has 194 valence electrons. The smallest absolute Gasteiger partial charge is 0.339 e.